The molecule has 6 nitrogen and oxygen atoms in total. The standard InChI is InChI=1S/C30H26N2O4/c33-27-19-11-3-7-17-8-4-12-20(25(17)19)28(34)31(27)23-15-1-2-16-24(23)32-29(35)21-13-5-9-18-10-6-14-22(26(18)21)30(32)36/h1-3,5,7,9,11,13,15-16,20,22,28,34H,4,6,8,10,12,14H2. The van der Waals surface area contributed by atoms with Gasteiger partial charge in [0.1, 0.15) is 6.23 Å². The highest BCUT2D eigenvalue weighted by molar-refractivity contribution is 6.28. The first kappa shape index (κ1) is 21.5. The van der Waals surface area contributed by atoms with E-state index in [0.29, 0.717) is 28.9 Å². The number of amides is 3. The Labute approximate surface area is 209 Å². The maximum Gasteiger partial charge on any atom is 0.265 e. The van der Waals surface area contributed by atoms with E-state index in [1.165, 1.54) is 9.80 Å². The molecular weight excluding hydrogens is 452 g/mol. The summed E-state index contributed by atoms with van der Waals surface area (Å²) in [6.45, 7) is 0. The average Bonchev–Trinajstić information content (AvgIpc) is 2.91. The van der Waals surface area contributed by atoms with Gasteiger partial charge in [0.25, 0.3) is 11.8 Å². The Hall–Kier alpha value is -3.77. The lowest BCUT2D eigenvalue weighted by Gasteiger charge is -2.43. The van der Waals surface area contributed by atoms with Gasteiger partial charge in [0.2, 0.25) is 5.91 Å². The maximum atomic E-state index is 13.8. The lowest BCUT2D eigenvalue weighted by atomic mass is 9.76. The first-order valence-electron chi connectivity index (χ1n) is 12.8. The molecular formula is C30H26N2O4. The molecule has 3 atom stereocenters. The molecule has 6 heteroatoms. The van der Waals surface area contributed by atoms with E-state index in [-0.39, 0.29) is 29.6 Å². The molecule has 0 bridgehead atoms. The van der Waals surface area contributed by atoms with E-state index >= 15 is 0 Å². The normalized spacial score (nSPS) is 24.5. The summed E-state index contributed by atoms with van der Waals surface area (Å²) in [6.07, 6.45) is 3.99. The van der Waals surface area contributed by atoms with Crippen molar-refractivity contribution in [1.29, 1.82) is 0 Å². The minimum absolute atomic E-state index is 0.204. The number of imide groups is 1. The van der Waals surface area contributed by atoms with Gasteiger partial charge in [0, 0.05) is 17.0 Å². The summed E-state index contributed by atoms with van der Waals surface area (Å²) in [7, 11) is 0. The zero-order valence-electron chi connectivity index (χ0n) is 19.8. The van der Waals surface area contributed by atoms with Gasteiger partial charge in [0.15, 0.2) is 0 Å². The molecule has 0 saturated carbocycles. The summed E-state index contributed by atoms with van der Waals surface area (Å²) in [5, 5.41) is 11.5. The summed E-state index contributed by atoms with van der Waals surface area (Å²) < 4.78 is 0. The van der Waals surface area contributed by atoms with Gasteiger partial charge in [-0.2, -0.15) is 0 Å². The van der Waals surface area contributed by atoms with Crippen molar-refractivity contribution in [3.8, 4) is 0 Å². The number of benzene rings is 3. The van der Waals surface area contributed by atoms with Crippen LogP contribution < -0.4 is 9.80 Å². The number of carbonyl (C=O) groups is 3. The van der Waals surface area contributed by atoms with E-state index in [1.807, 2.05) is 30.3 Å². The fourth-order valence-electron chi connectivity index (χ4n) is 6.87. The number of carbonyl (C=O) groups excluding carboxylic acids is 3. The highest BCUT2D eigenvalue weighted by Gasteiger charge is 2.46. The van der Waals surface area contributed by atoms with Crippen LogP contribution in [0.15, 0.2) is 60.7 Å². The molecule has 3 amide bonds. The average molecular weight is 479 g/mol. The Morgan fingerprint density at radius 3 is 2.08 bits per heavy atom. The number of aliphatic hydroxyl groups is 1. The molecule has 36 heavy (non-hydrogen) atoms. The molecule has 180 valence electrons. The molecule has 0 aromatic heterocycles. The van der Waals surface area contributed by atoms with Crippen molar-refractivity contribution in [2.45, 2.75) is 56.6 Å². The van der Waals surface area contributed by atoms with Gasteiger partial charge in [-0.05, 0) is 85.0 Å². The number of hydrogen-bond donors (Lipinski definition) is 1. The first-order chi connectivity index (χ1) is 17.6. The Bertz CT molecular complexity index is 1460. The molecule has 1 N–H and O–H groups in total. The summed E-state index contributed by atoms with van der Waals surface area (Å²) >= 11 is 0. The van der Waals surface area contributed by atoms with Crippen molar-refractivity contribution < 1.29 is 19.5 Å². The van der Waals surface area contributed by atoms with Crippen LogP contribution in [-0.4, -0.2) is 29.1 Å². The van der Waals surface area contributed by atoms with Crippen LogP contribution in [0.2, 0.25) is 0 Å². The molecule has 0 fully saturated rings. The fourth-order valence-corrected chi connectivity index (χ4v) is 6.87. The molecule has 0 saturated heterocycles. The van der Waals surface area contributed by atoms with Gasteiger partial charge in [-0.15, -0.1) is 0 Å². The molecule has 0 spiro atoms. The van der Waals surface area contributed by atoms with Crippen molar-refractivity contribution in [3.63, 3.8) is 0 Å². The predicted molar refractivity (Wildman–Crippen MR) is 135 cm³/mol. The summed E-state index contributed by atoms with van der Waals surface area (Å²) in [5.74, 6) is -1.51. The van der Waals surface area contributed by atoms with Crippen LogP contribution in [-0.2, 0) is 17.6 Å². The van der Waals surface area contributed by atoms with Crippen LogP contribution in [0.25, 0.3) is 0 Å². The van der Waals surface area contributed by atoms with E-state index < -0.39 is 6.23 Å². The SMILES string of the molecule is O=C1c2cccc3c2C(CCC3)C(=O)N1c1ccccc1N1C(=O)c2cccc3c2C(CCC3)C1O. The zero-order valence-corrected chi connectivity index (χ0v) is 19.8. The van der Waals surface area contributed by atoms with Gasteiger partial charge < -0.3 is 5.11 Å². The number of nitrogens with zero attached hydrogens (tertiary/aromatic N) is 2. The Morgan fingerprint density at radius 2 is 1.33 bits per heavy atom. The van der Waals surface area contributed by atoms with Crippen molar-refractivity contribution in [1.82, 2.24) is 0 Å². The maximum absolute atomic E-state index is 13.8. The molecule has 2 heterocycles. The van der Waals surface area contributed by atoms with Gasteiger partial charge in [0.05, 0.1) is 17.3 Å². The third-order valence-electron chi connectivity index (χ3n) is 8.42. The van der Waals surface area contributed by atoms with Crippen molar-refractivity contribution in [2.24, 2.45) is 0 Å². The third kappa shape index (κ3) is 2.85. The lowest BCUT2D eigenvalue weighted by Crippen LogP contribution is -2.51. The Morgan fingerprint density at radius 1 is 0.694 bits per heavy atom. The second-order valence-electron chi connectivity index (χ2n) is 10.3. The minimum Gasteiger partial charge on any atom is -0.372 e. The molecule has 2 aliphatic carbocycles. The van der Waals surface area contributed by atoms with Gasteiger partial charge in [-0.3, -0.25) is 19.3 Å². The van der Waals surface area contributed by atoms with Gasteiger partial charge >= 0.3 is 0 Å². The summed E-state index contributed by atoms with van der Waals surface area (Å²) in [4.78, 5) is 44.0. The van der Waals surface area contributed by atoms with E-state index in [0.717, 1.165) is 54.4 Å². The second-order valence-corrected chi connectivity index (χ2v) is 10.3. The largest absolute Gasteiger partial charge is 0.372 e. The van der Waals surface area contributed by atoms with E-state index in [1.54, 1.807) is 30.3 Å². The highest BCUT2D eigenvalue weighted by Crippen LogP contribution is 2.47. The zero-order chi connectivity index (χ0) is 24.6. The van der Waals surface area contributed by atoms with Crippen LogP contribution >= 0.6 is 0 Å². The molecule has 0 radical (unpaired) electrons. The molecule has 2 aliphatic heterocycles. The minimum atomic E-state index is -1.07. The van der Waals surface area contributed by atoms with Crippen LogP contribution in [0.3, 0.4) is 0 Å². The van der Waals surface area contributed by atoms with Crippen LogP contribution in [0.5, 0.6) is 0 Å². The van der Waals surface area contributed by atoms with Crippen molar-refractivity contribution in [2.75, 3.05) is 9.80 Å². The summed E-state index contributed by atoms with van der Waals surface area (Å²) in [6, 6.07) is 18.4. The predicted octanol–water partition coefficient (Wildman–Crippen LogP) is 4.69. The van der Waals surface area contributed by atoms with Gasteiger partial charge in [-0.1, -0.05) is 36.4 Å². The Balaban J connectivity index is 1.38. The third-order valence-corrected chi connectivity index (χ3v) is 8.42. The van der Waals surface area contributed by atoms with E-state index in [4.69, 9.17) is 0 Å². The lowest BCUT2D eigenvalue weighted by molar-refractivity contribution is -0.120. The van der Waals surface area contributed by atoms with Gasteiger partial charge in [-0.25, -0.2) is 4.90 Å². The first-order valence-corrected chi connectivity index (χ1v) is 12.8. The summed E-state index contributed by atoms with van der Waals surface area (Å²) in [5.41, 5.74) is 5.88. The smallest absolute Gasteiger partial charge is 0.265 e. The Kier molecular flexibility index (Phi) is 4.70. The topological polar surface area (TPSA) is 77.9 Å². The monoisotopic (exact) mass is 478 g/mol. The number of para-hydroxylation sites is 2. The fraction of sp³-hybridized carbons (Fsp3) is 0.300. The van der Waals surface area contributed by atoms with Crippen LogP contribution in [0, 0.1) is 0 Å². The molecule has 3 unspecified atom stereocenters. The highest BCUT2D eigenvalue weighted by atomic mass is 16.3. The number of rotatable bonds is 2. The van der Waals surface area contributed by atoms with Crippen LogP contribution in [0.1, 0.15) is 80.5 Å². The number of hydrogen-bond acceptors (Lipinski definition) is 4. The number of anilines is 2. The molecule has 7 rings (SSSR count). The van der Waals surface area contributed by atoms with E-state index in [2.05, 4.69) is 0 Å². The van der Waals surface area contributed by atoms with Crippen LogP contribution in [0.4, 0.5) is 11.4 Å². The van der Waals surface area contributed by atoms with E-state index in [9.17, 15) is 19.5 Å². The number of aliphatic hydroxyl groups excluding tert-OH is 1. The van der Waals surface area contributed by atoms with Crippen molar-refractivity contribution >= 4 is 29.1 Å². The quantitative estimate of drug-likeness (QED) is 0.542. The molecule has 3 aromatic carbocycles. The molecule has 4 aliphatic rings. The molecule has 3 aromatic rings. The van der Waals surface area contributed by atoms with Crippen molar-refractivity contribution in [3.05, 3.63) is 94.0 Å². The second kappa shape index (κ2) is 7.87. The number of aryl methyl sites for hydroxylation is 2.